The van der Waals surface area contributed by atoms with E-state index in [1.807, 2.05) is 0 Å². The van der Waals surface area contributed by atoms with Crippen molar-refractivity contribution in [2.45, 2.75) is 59.3 Å². The molecule has 0 spiro atoms. The topological polar surface area (TPSA) is 74.5 Å². The highest BCUT2D eigenvalue weighted by molar-refractivity contribution is 7.92. The number of alkyl halides is 6. The van der Waals surface area contributed by atoms with Crippen molar-refractivity contribution in [2.24, 2.45) is 0 Å². The minimum atomic E-state index is -5.54. The van der Waals surface area contributed by atoms with E-state index in [-0.39, 0.29) is 0 Å². The number of halogens is 6. The van der Waals surface area contributed by atoms with Crippen LogP contribution in [-0.2, 0) is 30.5 Å². The molecule has 0 fully saturated rings. The van der Waals surface area contributed by atoms with Crippen LogP contribution in [0.2, 0.25) is 0 Å². The fraction of sp³-hybridized carbons (Fsp3) is 0.370. The van der Waals surface area contributed by atoms with Gasteiger partial charge in [0.2, 0.25) is 5.69 Å². The summed E-state index contributed by atoms with van der Waals surface area (Å²) in [5.41, 5.74) is -9.48. The van der Waals surface area contributed by atoms with E-state index in [1.165, 1.54) is 12.1 Å². The molecule has 2 aromatic rings. The summed E-state index contributed by atoms with van der Waals surface area (Å²) in [4.78, 5) is 0.0362. The largest absolute Gasteiger partial charge is 0.501 e. The first-order valence-electron chi connectivity index (χ1n) is 12.1. The first-order valence-corrected chi connectivity index (χ1v) is 15.1. The molecule has 0 bridgehead atoms. The fourth-order valence-electron chi connectivity index (χ4n) is 5.46. The van der Waals surface area contributed by atoms with Crippen LogP contribution in [0.4, 0.5) is 37.7 Å². The number of sulfone groups is 2. The Balaban J connectivity index is 1.71. The molecule has 4 rings (SSSR count). The first-order chi connectivity index (χ1) is 18.5. The zero-order chi connectivity index (χ0) is 31.1. The van der Waals surface area contributed by atoms with Crippen LogP contribution in [0, 0.1) is 0 Å². The molecule has 0 atom stereocenters. The maximum Gasteiger partial charge on any atom is 0.501 e. The summed E-state index contributed by atoms with van der Waals surface area (Å²) in [5.74, 6) is 0. The van der Waals surface area contributed by atoms with Crippen molar-refractivity contribution < 1.29 is 47.8 Å². The fourth-order valence-corrected chi connectivity index (χ4v) is 7.04. The smallest absolute Gasteiger partial charge is 0.347 e. The zero-order valence-electron chi connectivity index (χ0n) is 22.8. The van der Waals surface area contributed by atoms with E-state index in [9.17, 15) is 43.2 Å². The van der Waals surface area contributed by atoms with Crippen molar-refractivity contribution in [2.75, 3.05) is 19.0 Å². The van der Waals surface area contributed by atoms with Gasteiger partial charge in [-0.1, -0.05) is 19.9 Å². The molecule has 0 aromatic heterocycles. The van der Waals surface area contributed by atoms with E-state index in [0.29, 0.717) is 33.9 Å². The summed E-state index contributed by atoms with van der Waals surface area (Å²) >= 11 is 0. The normalized spacial score (nSPS) is 19.8. The second-order valence-corrected chi connectivity index (χ2v) is 14.8. The number of anilines is 1. The van der Waals surface area contributed by atoms with Gasteiger partial charge >= 0.3 is 11.0 Å². The van der Waals surface area contributed by atoms with Crippen molar-refractivity contribution >= 4 is 36.8 Å². The third kappa shape index (κ3) is 4.59. The summed E-state index contributed by atoms with van der Waals surface area (Å²) < 4.78 is 129. The van der Waals surface area contributed by atoms with Crippen LogP contribution in [0.25, 0.3) is 0 Å². The van der Waals surface area contributed by atoms with Gasteiger partial charge in [-0.15, -0.1) is 0 Å². The molecule has 2 aliphatic rings. The lowest BCUT2D eigenvalue weighted by molar-refractivity contribution is -0.401. The number of nitrogens with zero attached hydrogens (tertiary/aromatic N) is 2. The van der Waals surface area contributed by atoms with Gasteiger partial charge in [0.25, 0.3) is 19.7 Å². The predicted molar refractivity (Wildman–Crippen MR) is 142 cm³/mol. The highest BCUT2D eigenvalue weighted by atomic mass is 32.2. The average Bonchev–Trinajstić information content (AvgIpc) is 3.15. The average molecular weight is 622 g/mol. The summed E-state index contributed by atoms with van der Waals surface area (Å²) in [6.07, 6.45) is 5.12. The molecule has 2 aliphatic heterocycles. The number of fused-ring (bicyclic) bond motifs is 2. The second kappa shape index (κ2) is 9.18. The number of hydrogen-bond donors (Lipinski definition) is 0. The van der Waals surface area contributed by atoms with Gasteiger partial charge in [-0.2, -0.15) is 30.9 Å². The molecule has 0 saturated carbocycles. The Morgan fingerprint density at radius 3 is 1.78 bits per heavy atom. The predicted octanol–water partition coefficient (Wildman–Crippen LogP) is 6.15. The van der Waals surface area contributed by atoms with Gasteiger partial charge in [0.05, 0.1) is 15.2 Å². The maximum atomic E-state index is 13.2. The zero-order valence-corrected chi connectivity index (χ0v) is 24.4. The monoisotopic (exact) mass is 621 g/mol. The summed E-state index contributed by atoms with van der Waals surface area (Å²) in [6, 6.07) is 6.56. The molecule has 0 aliphatic carbocycles. The second-order valence-electron chi connectivity index (χ2n) is 10.9. The lowest BCUT2D eigenvalue weighted by atomic mass is 9.81. The quantitative estimate of drug-likeness (QED) is 0.303. The Kier molecular flexibility index (Phi) is 6.90. The van der Waals surface area contributed by atoms with E-state index in [1.54, 1.807) is 69.5 Å². The molecule has 0 saturated heterocycles. The van der Waals surface area contributed by atoms with E-state index in [2.05, 4.69) is 0 Å². The Hall–Kier alpha value is -3.13. The Morgan fingerprint density at radius 1 is 0.780 bits per heavy atom. The van der Waals surface area contributed by atoms with Crippen molar-refractivity contribution in [3.05, 3.63) is 71.5 Å². The molecule has 0 radical (unpaired) electrons. The molecular formula is C27H27F6N2O4S2+. The van der Waals surface area contributed by atoms with Crippen LogP contribution >= 0.6 is 0 Å². The van der Waals surface area contributed by atoms with Gasteiger partial charge in [-0.05, 0) is 55.8 Å². The molecule has 6 nitrogen and oxygen atoms in total. The third-order valence-corrected chi connectivity index (χ3v) is 10.7. The van der Waals surface area contributed by atoms with Crippen LogP contribution in [0.3, 0.4) is 0 Å². The van der Waals surface area contributed by atoms with Gasteiger partial charge < -0.3 is 4.90 Å². The molecule has 0 amide bonds. The molecule has 14 heteroatoms. The Morgan fingerprint density at radius 2 is 1.27 bits per heavy atom. The lowest BCUT2D eigenvalue weighted by Gasteiger charge is -2.24. The molecule has 41 heavy (non-hydrogen) atoms. The van der Waals surface area contributed by atoms with Gasteiger partial charge in [0.1, 0.15) is 7.05 Å². The summed E-state index contributed by atoms with van der Waals surface area (Å²) in [5, 5.41) is 0. The van der Waals surface area contributed by atoms with Crippen LogP contribution in [0.15, 0.2) is 70.1 Å². The van der Waals surface area contributed by atoms with Crippen LogP contribution in [-0.4, -0.2) is 52.2 Å². The van der Waals surface area contributed by atoms with Gasteiger partial charge in [-0.25, -0.2) is 16.8 Å². The van der Waals surface area contributed by atoms with E-state index in [0.717, 1.165) is 24.3 Å². The van der Waals surface area contributed by atoms with Crippen molar-refractivity contribution in [3.63, 3.8) is 0 Å². The van der Waals surface area contributed by atoms with Crippen molar-refractivity contribution in [3.8, 4) is 0 Å². The van der Waals surface area contributed by atoms with E-state index in [4.69, 9.17) is 0 Å². The van der Waals surface area contributed by atoms with Crippen LogP contribution < -0.4 is 4.90 Å². The minimum Gasteiger partial charge on any atom is -0.347 e. The van der Waals surface area contributed by atoms with Crippen LogP contribution in [0.5, 0.6) is 0 Å². The molecule has 2 aromatic carbocycles. The Labute approximate surface area is 234 Å². The molecule has 2 heterocycles. The summed E-state index contributed by atoms with van der Waals surface area (Å²) in [6.45, 7) is 6.99. The molecule has 222 valence electrons. The number of allylic oxidation sites excluding steroid dienone is 4. The lowest BCUT2D eigenvalue weighted by Crippen LogP contribution is -2.27. The van der Waals surface area contributed by atoms with E-state index >= 15 is 0 Å². The Bertz CT molecular complexity index is 1770. The first kappa shape index (κ1) is 30.8. The summed E-state index contributed by atoms with van der Waals surface area (Å²) in [7, 11) is -7.68. The maximum absolute atomic E-state index is 13.2. The van der Waals surface area contributed by atoms with Crippen molar-refractivity contribution in [1.82, 2.24) is 0 Å². The SMILES string of the molecule is CN1/C(=C/C=C/C2=[N+](C)c3ccc(S(=O)(=O)C(F)(F)F)cc3C2(C)C)C(C)(C)c2cc(S(=O)(=O)C(F)(F)F)ccc21. The van der Waals surface area contributed by atoms with Gasteiger partial charge in [0, 0.05) is 41.6 Å². The van der Waals surface area contributed by atoms with E-state index < -0.39 is 51.3 Å². The number of benzene rings is 2. The highest BCUT2D eigenvalue weighted by Gasteiger charge is 2.50. The third-order valence-electron chi connectivity index (χ3n) is 7.75. The van der Waals surface area contributed by atoms with Gasteiger partial charge in [-0.3, -0.25) is 0 Å². The molecule has 0 unspecified atom stereocenters. The molecular weight excluding hydrogens is 594 g/mol. The van der Waals surface area contributed by atoms with Crippen molar-refractivity contribution in [1.29, 1.82) is 0 Å². The minimum absolute atomic E-state index is 0.391. The number of hydrogen-bond acceptors (Lipinski definition) is 5. The van der Waals surface area contributed by atoms with Crippen LogP contribution in [0.1, 0.15) is 38.8 Å². The standard InChI is InChI=1S/C27H27F6N2O4S2/c1-24(2)18-14-16(40(36,37)26(28,29)30)10-12-20(18)34(5)22(24)8-7-9-23-25(3,4)19-15-17(11-13-21(19)35(23)6)41(38,39)27(31,32)33/h7-15H,1-6H3/q+1. The number of rotatable bonds is 4. The number of likely N-dealkylation sites (N-methyl/N-ethyl adjacent to an activating group) is 1. The molecule has 0 N–H and O–H groups in total. The van der Waals surface area contributed by atoms with Gasteiger partial charge in [0.15, 0.2) is 5.71 Å². The highest BCUT2D eigenvalue weighted by Crippen LogP contribution is 2.48.